The van der Waals surface area contributed by atoms with E-state index in [2.05, 4.69) is 121 Å². The van der Waals surface area contributed by atoms with Crippen LogP contribution in [0.1, 0.15) is 0 Å². The highest BCUT2D eigenvalue weighted by Gasteiger charge is 2.29. The second-order valence-corrected chi connectivity index (χ2v) is 11.2. The predicted molar refractivity (Wildman–Crippen MR) is 155 cm³/mol. The molecular formula is C30H20B2N2S2. The van der Waals surface area contributed by atoms with E-state index in [9.17, 15) is 0 Å². The average molecular weight is 494 g/mol. The Balaban J connectivity index is 1.10. The molecule has 0 spiro atoms. The Bertz CT molecular complexity index is 1550. The van der Waals surface area contributed by atoms with E-state index in [0.717, 1.165) is 10.7 Å². The fourth-order valence-corrected chi connectivity index (χ4v) is 6.93. The average Bonchev–Trinajstić information content (AvgIpc) is 3.56. The molecule has 0 aliphatic carbocycles. The number of fused-ring (bicyclic) bond motifs is 2. The SMILES string of the molecule is c1ccc(-c2ccc(B3N=c4cc5c(cc4S3)=NB(c3ccc(-c4ccccc4)cc3)S5)cc2)cc1. The maximum atomic E-state index is 5.05. The molecule has 5 aromatic carbocycles. The van der Waals surface area contributed by atoms with Crippen LogP contribution in [0.5, 0.6) is 0 Å². The highest BCUT2D eigenvalue weighted by molar-refractivity contribution is 8.27. The fraction of sp³-hybridized carbons (Fsp3) is 0. The first kappa shape index (κ1) is 21.8. The minimum atomic E-state index is 0.0960. The molecule has 36 heavy (non-hydrogen) atoms. The number of hydrogen-bond donors (Lipinski definition) is 0. The summed E-state index contributed by atoms with van der Waals surface area (Å²) in [6, 6.07) is 43.1. The van der Waals surface area contributed by atoms with E-state index < -0.39 is 0 Å². The fourth-order valence-electron chi connectivity index (χ4n) is 4.70. The minimum Gasteiger partial charge on any atom is -0.320 e. The third-order valence-corrected chi connectivity index (χ3v) is 9.00. The van der Waals surface area contributed by atoms with Crippen LogP contribution >= 0.6 is 23.2 Å². The van der Waals surface area contributed by atoms with Gasteiger partial charge >= 0.3 is 12.3 Å². The van der Waals surface area contributed by atoms with Crippen molar-refractivity contribution in [3.05, 3.63) is 132 Å². The smallest absolute Gasteiger partial charge is 0.320 e. The summed E-state index contributed by atoms with van der Waals surface area (Å²) >= 11 is 3.64. The first-order chi connectivity index (χ1) is 17.8. The molecule has 0 saturated carbocycles. The van der Waals surface area contributed by atoms with Crippen LogP contribution in [0.3, 0.4) is 0 Å². The maximum absolute atomic E-state index is 5.05. The van der Waals surface area contributed by atoms with E-state index >= 15 is 0 Å². The van der Waals surface area contributed by atoms with E-state index in [1.54, 1.807) is 0 Å². The zero-order chi connectivity index (χ0) is 23.9. The number of rotatable bonds is 4. The van der Waals surface area contributed by atoms with Gasteiger partial charge < -0.3 is 9.81 Å². The van der Waals surface area contributed by atoms with Crippen molar-refractivity contribution in [2.75, 3.05) is 0 Å². The van der Waals surface area contributed by atoms with Crippen molar-refractivity contribution in [2.45, 2.75) is 9.79 Å². The summed E-state index contributed by atoms with van der Waals surface area (Å²) in [6.07, 6.45) is 0.192. The lowest BCUT2D eigenvalue weighted by atomic mass is 9.81. The molecule has 168 valence electrons. The molecule has 2 nitrogen and oxygen atoms in total. The van der Waals surface area contributed by atoms with Crippen LogP contribution in [0, 0.1) is 0 Å². The van der Waals surface area contributed by atoms with Gasteiger partial charge in [0.2, 0.25) is 0 Å². The van der Waals surface area contributed by atoms with E-state index in [1.807, 2.05) is 23.2 Å². The lowest BCUT2D eigenvalue weighted by molar-refractivity contribution is 1.17. The molecule has 2 heterocycles. The first-order valence-electron chi connectivity index (χ1n) is 12.0. The monoisotopic (exact) mass is 494 g/mol. The quantitative estimate of drug-likeness (QED) is 0.319. The van der Waals surface area contributed by atoms with Crippen molar-refractivity contribution >= 4 is 46.4 Å². The molecule has 0 aromatic heterocycles. The van der Waals surface area contributed by atoms with Crippen molar-refractivity contribution in [1.29, 1.82) is 0 Å². The van der Waals surface area contributed by atoms with Crippen LogP contribution in [-0.2, 0) is 0 Å². The Morgan fingerprint density at radius 1 is 0.417 bits per heavy atom. The van der Waals surface area contributed by atoms with Gasteiger partial charge in [0.1, 0.15) is 0 Å². The standard InChI is InChI=1S/C30H20B2N2S2/c1-3-7-21(8-4-1)23-11-15-25(16-12-23)31-33-27-19-30-28(20-29(27)35-31)34-32(36-30)26-17-13-24(14-18-26)22-9-5-2-6-10-22/h1-20H. The molecule has 2 aliphatic rings. The molecule has 0 bridgehead atoms. The van der Waals surface area contributed by atoms with Crippen LogP contribution in [0.4, 0.5) is 0 Å². The van der Waals surface area contributed by atoms with Crippen LogP contribution in [0.2, 0.25) is 0 Å². The van der Waals surface area contributed by atoms with Gasteiger partial charge in [0.05, 0.1) is 10.7 Å². The van der Waals surface area contributed by atoms with Crippen LogP contribution in [0.15, 0.2) is 141 Å². The molecule has 0 atom stereocenters. The van der Waals surface area contributed by atoms with Gasteiger partial charge in [-0.25, -0.2) is 0 Å². The van der Waals surface area contributed by atoms with Crippen molar-refractivity contribution in [2.24, 2.45) is 9.81 Å². The van der Waals surface area contributed by atoms with Gasteiger partial charge in [-0.2, -0.15) is 0 Å². The molecule has 2 aliphatic heterocycles. The predicted octanol–water partition coefficient (Wildman–Crippen LogP) is 5.26. The lowest BCUT2D eigenvalue weighted by Crippen LogP contribution is -2.23. The van der Waals surface area contributed by atoms with Crippen molar-refractivity contribution < 1.29 is 0 Å². The Labute approximate surface area is 219 Å². The molecule has 0 radical (unpaired) electrons. The summed E-state index contributed by atoms with van der Waals surface area (Å²) in [5, 5.41) is 2.16. The third-order valence-electron chi connectivity index (χ3n) is 6.64. The molecule has 0 fully saturated rings. The van der Waals surface area contributed by atoms with Crippen molar-refractivity contribution in [3.8, 4) is 22.3 Å². The minimum absolute atomic E-state index is 0.0960. The van der Waals surface area contributed by atoms with Crippen molar-refractivity contribution in [3.63, 3.8) is 0 Å². The Morgan fingerprint density at radius 3 is 1.17 bits per heavy atom. The van der Waals surface area contributed by atoms with Gasteiger partial charge in [0.15, 0.2) is 0 Å². The first-order valence-corrected chi connectivity index (χ1v) is 13.8. The van der Waals surface area contributed by atoms with Gasteiger partial charge in [-0.05, 0) is 45.3 Å². The molecule has 5 aromatic rings. The summed E-state index contributed by atoms with van der Waals surface area (Å²) in [7, 11) is 0. The largest absolute Gasteiger partial charge is 0.382 e. The van der Waals surface area contributed by atoms with Crippen LogP contribution in [-0.4, -0.2) is 12.3 Å². The second-order valence-electron chi connectivity index (χ2n) is 8.96. The highest BCUT2D eigenvalue weighted by atomic mass is 32.2. The van der Waals surface area contributed by atoms with Crippen LogP contribution < -0.4 is 21.6 Å². The molecule has 0 unspecified atom stereocenters. The lowest BCUT2D eigenvalue weighted by Gasteiger charge is -2.06. The van der Waals surface area contributed by atoms with Gasteiger partial charge in [0, 0.05) is 9.79 Å². The van der Waals surface area contributed by atoms with E-state index in [0.29, 0.717) is 0 Å². The summed E-state index contributed by atoms with van der Waals surface area (Å²) in [4.78, 5) is 12.5. The van der Waals surface area contributed by atoms with E-state index in [1.165, 1.54) is 43.0 Å². The zero-order valence-electron chi connectivity index (χ0n) is 19.4. The number of nitrogens with zero attached hydrogens (tertiary/aromatic N) is 2. The maximum Gasteiger partial charge on any atom is 0.382 e. The summed E-state index contributed by atoms with van der Waals surface area (Å²) in [6.45, 7) is 0. The Hall–Kier alpha value is -3.47. The number of benzene rings is 5. The van der Waals surface area contributed by atoms with Gasteiger partial charge in [-0.3, -0.25) is 0 Å². The zero-order valence-corrected chi connectivity index (χ0v) is 21.0. The van der Waals surface area contributed by atoms with E-state index in [4.69, 9.17) is 9.81 Å². The van der Waals surface area contributed by atoms with Crippen LogP contribution in [0.25, 0.3) is 22.3 Å². The highest BCUT2D eigenvalue weighted by Crippen LogP contribution is 2.28. The summed E-state index contributed by atoms with van der Waals surface area (Å²) < 4.78 is 0. The number of hydrogen-bond acceptors (Lipinski definition) is 4. The van der Waals surface area contributed by atoms with Gasteiger partial charge in [0.25, 0.3) is 0 Å². The van der Waals surface area contributed by atoms with Gasteiger partial charge in [-0.1, -0.05) is 109 Å². The topological polar surface area (TPSA) is 24.7 Å². The molecule has 0 saturated heterocycles. The second kappa shape index (κ2) is 9.20. The molecule has 7 rings (SSSR count). The summed E-state index contributed by atoms with van der Waals surface area (Å²) in [5.74, 6) is 0. The molecule has 6 heteroatoms. The Kier molecular flexibility index (Phi) is 5.56. The normalized spacial score (nSPS) is 13.7. The third kappa shape index (κ3) is 4.11. The van der Waals surface area contributed by atoms with Crippen molar-refractivity contribution in [1.82, 2.24) is 0 Å². The molecular weight excluding hydrogens is 474 g/mol. The van der Waals surface area contributed by atoms with E-state index in [-0.39, 0.29) is 12.3 Å². The molecule has 0 N–H and O–H groups in total. The van der Waals surface area contributed by atoms with Gasteiger partial charge in [-0.15, -0.1) is 23.2 Å². The Morgan fingerprint density at radius 2 is 0.778 bits per heavy atom. The summed E-state index contributed by atoms with van der Waals surface area (Å²) in [5.41, 5.74) is 7.41. The molecule has 0 amide bonds.